The molecule has 3 rings (SSSR count). The summed E-state index contributed by atoms with van der Waals surface area (Å²) >= 11 is 0.607. The summed E-state index contributed by atoms with van der Waals surface area (Å²) in [7, 11) is 1.23. The number of hydrogen-bond acceptors (Lipinski definition) is 8. The normalized spacial score (nSPS) is 14.7. The number of nitrogens with one attached hydrogen (secondary N) is 1. The minimum Gasteiger partial charge on any atom is -0.500 e. The summed E-state index contributed by atoms with van der Waals surface area (Å²) < 4.78 is 4.93. The number of hydrogen-bond donors (Lipinski definition) is 2. The zero-order valence-corrected chi connectivity index (χ0v) is 18.2. The number of amides is 3. The highest BCUT2D eigenvalue weighted by molar-refractivity contribution is 8.18. The number of nitro groups is 1. The van der Waals surface area contributed by atoms with E-state index in [2.05, 4.69) is 5.32 Å². The van der Waals surface area contributed by atoms with E-state index in [1.165, 1.54) is 19.3 Å². The van der Waals surface area contributed by atoms with E-state index in [1.54, 1.807) is 6.07 Å². The van der Waals surface area contributed by atoms with Gasteiger partial charge in [-0.1, -0.05) is 17.7 Å². The second kappa shape index (κ2) is 9.10. The van der Waals surface area contributed by atoms with Crippen LogP contribution < -0.4 is 10.1 Å². The second-order valence-corrected chi connectivity index (χ2v) is 7.98. The molecule has 2 aromatic rings. The van der Waals surface area contributed by atoms with E-state index in [-0.39, 0.29) is 16.2 Å². The monoisotopic (exact) mass is 457 g/mol. The first-order chi connectivity index (χ1) is 15.1. The van der Waals surface area contributed by atoms with Crippen LogP contribution in [0, 0.1) is 24.0 Å². The van der Waals surface area contributed by atoms with Gasteiger partial charge in [0.25, 0.3) is 11.1 Å². The third-order valence-corrected chi connectivity index (χ3v) is 5.53. The molecule has 0 atom stereocenters. The summed E-state index contributed by atoms with van der Waals surface area (Å²) in [6, 6.07) is 7.81. The van der Waals surface area contributed by atoms with Crippen molar-refractivity contribution in [2.24, 2.45) is 0 Å². The predicted molar refractivity (Wildman–Crippen MR) is 119 cm³/mol. The van der Waals surface area contributed by atoms with Crippen LogP contribution in [-0.4, -0.2) is 45.6 Å². The van der Waals surface area contributed by atoms with Gasteiger partial charge in [-0.15, -0.1) is 0 Å². The Morgan fingerprint density at radius 1 is 1.28 bits per heavy atom. The largest absolute Gasteiger partial charge is 0.500 e. The summed E-state index contributed by atoms with van der Waals surface area (Å²) in [5, 5.41) is 23.1. The number of anilines is 1. The number of thioether (sulfide) groups is 1. The first kappa shape index (κ1) is 22.8. The number of phenols is 1. The van der Waals surface area contributed by atoms with Gasteiger partial charge in [-0.2, -0.15) is 0 Å². The molecule has 0 aliphatic carbocycles. The molecule has 0 radical (unpaired) electrons. The fourth-order valence-electron chi connectivity index (χ4n) is 3.07. The van der Waals surface area contributed by atoms with E-state index in [1.807, 2.05) is 26.0 Å². The van der Waals surface area contributed by atoms with Crippen LogP contribution >= 0.6 is 11.8 Å². The van der Waals surface area contributed by atoms with Crippen molar-refractivity contribution < 1.29 is 29.2 Å². The number of rotatable bonds is 6. The van der Waals surface area contributed by atoms with Crippen LogP contribution in [0.1, 0.15) is 16.7 Å². The Morgan fingerprint density at radius 2 is 2.00 bits per heavy atom. The van der Waals surface area contributed by atoms with Gasteiger partial charge in [0.2, 0.25) is 11.7 Å². The van der Waals surface area contributed by atoms with E-state index < -0.39 is 40.0 Å². The van der Waals surface area contributed by atoms with Gasteiger partial charge >= 0.3 is 5.69 Å². The molecule has 0 spiro atoms. The molecule has 1 fully saturated rings. The molecule has 32 heavy (non-hydrogen) atoms. The Bertz CT molecular complexity index is 1180. The van der Waals surface area contributed by atoms with Gasteiger partial charge in [0.15, 0.2) is 5.75 Å². The molecule has 1 saturated heterocycles. The third kappa shape index (κ3) is 4.72. The van der Waals surface area contributed by atoms with Gasteiger partial charge in [0.05, 0.1) is 16.9 Å². The van der Waals surface area contributed by atoms with Crippen LogP contribution in [0.4, 0.5) is 16.2 Å². The number of benzene rings is 2. The Kier molecular flexibility index (Phi) is 6.49. The van der Waals surface area contributed by atoms with E-state index >= 15 is 0 Å². The van der Waals surface area contributed by atoms with E-state index in [9.17, 15) is 29.6 Å². The number of methoxy groups -OCH3 is 1. The summed E-state index contributed by atoms with van der Waals surface area (Å²) in [6.07, 6.45) is 1.27. The Labute approximate surface area is 187 Å². The van der Waals surface area contributed by atoms with E-state index in [4.69, 9.17) is 4.74 Å². The van der Waals surface area contributed by atoms with Crippen molar-refractivity contribution in [2.75, 3.05) is 19.0 Å². The molecule has 1 aliphatic heterocycles. The number of ether oxygens (including phenoxy) is 1. The van der Waals surface area contributed by atoms with Gasteiger partial charge < -0.3 is 15.2 Å². The van der Waals surface area contributed by atoms with Gasteiger partial charge in [0, 0.05) is 11.8 Å². The lowest BCUT2D eigenvalue weighted by molar-refractivity contribution is -0.386. The Morgan fingerprint density at radius 3 is 2.62 bits per heavy atom. The third-order valence-electron chi connectivity index (χ3n) is 4.62. The molecule has 3 amide bonds. The number of aromatic hydroxyl groups is 1. The average molecular weight is 457 g/mol. The standard InChI is InChI=1S/C21H19N3O7S/c1-11-4-5-14(12(2)6-11)22-18(25)10-23-20(27)17(32-21(23)28)9-13-7-15(24(29)30)19(26)16(8-13)31-3/h4-9,26H,10H2,1-3H3,(H,22,25)/b17-9+. The molecule has 1 aliphatic rings. The first-order valence-corrected chi connectivity index (χ1v) is 10.1. The molecule has 0 saturated carbocycles. The molecule has 0 unspecified atom stereocenters. The van der Waals surface area contributed by atoms with Crippen LogP contribution in [0.25, 0.3) is 6.08 Å². The SMILES string of the molecule is COc1cc(/C=C2/SC(=O)N(CC(=O)Nc3ccc(C)cc3C)C2=O)cc([N+](=O)[O-])c1O. The van der Waals surface area contributed by atoms with Crippen LogP contribution in [0.15, 0.2) is 35.2 Å². The van der Waals surface area contributed by atoms with E-state index in [0.717, 1.165) is 22.1 Å². The maximum absolute atomic E-state index is 12.7. The number of nitrogens with zero attached hydrogens (tertiary/aromatic N) is 2. The van der Waals surface area contributed by atoms with Crippen LogP contribution in [0.5, 0.6) is 11.5 Å². The molecule has 11 heteroatoms. The first-order valence-electron chi connectivity index (χ1n) is 9.28. The highest BCUT2D eigenvalue weighted by Gasteiger charge is 2.36. The molecule has 2 aromatic carbocycles. The number of carbonyl (C=O) groups is 3. The maximum Gasteiger partial charge on any atom is 0.315 e. The quantitative estimate of drug-likeness (QED) is 0.381. The van der Waals surface area contributed by atoms with Gasteiger partial charge in [0.1, 0.15) is 6.54 Å². The summed E-state index contributed by atoms with van der Waals surface area (Å²) in [5.74, 6) is -2.05. The lowest BCUT2D eigenvalue weighted by Gasteiger charge is -2.14. The van der Waals surface area contributed by atoms with Crippen molar-refractivity contribution in [1.29, 1.82) is 0 Å². The molecular formula is C21H19N3O7S. The number of imide groups is 1. The van der Waals surface area contributed by atoms with Crippen molar-refractivity contribution in [3.63, 3.8) is 0 Å². The van der Waals surface area contributed by atoms with E-state index in [0.29, 0.717) is 17.4 Å². The lowest BCUT2D eigenvalue weighted by atomic mass is 10.1. The summed E-state index contributed by atoms with van der Waals surface area (Å²) in [5.41, 5.74) is 2.02. The topological polar surface area (TPSA) is 139 Å². The van der Waals surface area contributed by atoms with Crippen molar-refractivity contribution in [1.82, 2.24) is 4.90 Å². The molecule has 10 nitrogen and oxygen atoms in total. The summed E-state index contributed by atoms with van der Waals surface area (Å²) in [4.78, 5) is 48.5. The highest BCUT2D eigenvalue weighted by atomic mass is 32.2. The minimum atomic E-state index is -0.793. The second-order valence-electron chi connectivity index (χ2n) is 6.98. The van der Waals surface area contributed by atoms with Crippen molar-refractivity contribution in [3.05, 3.63) is 62.0 Å². The lowest BCUT2D eigenvalue weighted by Crippen LogP contribution is -2.36. The molecule has 0 bridgehead atoms. The Hall–Kier alpha value is -3.86. The Balaban J connectivity index is 1.80. The fourth-order valence-corrected chi connectivity index (χ4v) is 3.91. The van der Waals surface area contributed by atoms with Gasteiger partial charge in [-0.3, -0.25) is 29.4 Å². The molecule has 0 aromatic heterocycles. The number of nitro benzene ring substituents is 1. The van der Waals surface area contributed by atoms with Crippen molar-refractivity contribution in [2.45, 2.75) is 13.8 Å². The minimum absolute atomic E-state index is 0.0173. The number of carbonyl (C=O) groups excluding carboxylic acids is 3. The zero-order valence-electron chi connectivity index (χ0n) is 17.4. The zero-order chi connectivity index (χ0) is 23.6. The molecular weight excluding hydrogens is 438 g/mol. The van der Waals surface area contributed by atoms with Gasteiger partial charge in [-0.25, -0.2) is 0 Å². The molecule has 1 heterocycles. The smallest absolute Gasteiger partial charge is 0.315 e. The van der Waals surface area contributed by atoms with Crippen LogP contribution in [0.3, 0.4) is 0 Å². The number of aryl methyl sites for hydroxylation is 2. The number of phenolic OH excluding ortho intramolecular Hbond substituents is 1. The molecule has 2 N–H and O–H groups in total. The maximum atomic E-state index is 12.7. The fraction of sp³-hybridized carbons (Fsp3) is 0.190. The predicted octanol–water partition coefficient (Wildman–Crippen LogP) is 3.60. The average Bonchev–Trinajstić information content (AvgIpc) is 2.98. The molecule has 166 valence electrons. The van der Waals surface area contributed by atoms with Crippen molar-refractivity contribution >= 4 is 46.3 Å². The van der Waals surface area contributed by atoms with Crippen LogP contribution in [0.2, 0.25) is 0 Å². The van der Waals surface area contributed by atoms with Crippen molar-refractivity contribution in [3.8, 4) is 11.5 Å². The summed E-state index contributed by atoms with van der Waals surface area (Å²) in [6.45, 7) is 3.27. The highest BCUT2D eigenvalue weighted by Crippen LogP contribution is 2.39. The van der Waals surface area contributed by atoms with Gasteiger partial charge in [-0.05, 0) is 54.9 Å². The van der Waals surface area contributed by atoms with Crippen LogP contribution in [-0.2, 0) is 9.59 Å².